The Morgan fingerprint density at radius 1 is 0.950 bits per heavy atom. The molecule has 106 valence electrons. The largest absolute Gasteiger partial charge is 0.416 e. The molecule has 0 amide bonds. The van der Waals surface area contributed by atoms with E-state index < -0.39 is 11.7 Å². The topological polar surface area (TPSA) is 12.0 Å². The van der Waals surface area contributed by atoms with Crippen molar-refractivity contribution >= 4 is 5.69 Å². The first kappa shape index (κ1) is 14.4. The van der Waals surface area contributed by atoms with E-state index in [4.69, 9.17) is 0 Å². The maximum atomic E-state index is 12.4. The molecule has 0 atom stereocenters. The smallest absolute Gasteiger partial charge is 0.381 e. The van der Waals surface area contributed by atoms with Crippen LogP contribution in [0.1, 0.15) is 23.6 Å². The van der Waals surface area contributed by atoms with Crippen LogP contribution in [0.2, 0.25) is 0 Å². The molecule has 0 heterocycles. The standard InChI is InChI=1S/C16H16F3N/c1-2-12-4-3-5-15(10-12)20-11-13-6-8-14(9-7-13)16(17,18)19/h3-10,20H,2,11H2,1H3. The maximum absolute atomic E-state index is 12.4. The molecule has 0 aliphatic carbocycles. The zero-order valence-electron chi connectivity index (χ0n) is 11.2. The fourth-order valence-electron chi connectivity index (χ4n) is 1.92. The van der Waals surface area contributed by atoms with Crippen molar-refractivity contribution in [2.45, 2.75) is 26.1 Å². The van der Waals surface area contributed by atoms with Crippen molar-refractivity contribution in [1.82, 2.24) is 0 Å². The molecule has 0 radical (unpaired) electrons. The molecule has 0 aromatic heterocycles. The van der Waals surface area contributed by atoms with Crippen molar-refractivity contribution in [3.05, 3.63) is 65.2 Å². The quantitative estimate of drug-likeness (QED) is 0.841. The van der Waals surface area contributed by atoms with Crippen LogP contribution in [0.4, 0.5) is 18.9 Å². The number of hydrogen-bond acceptors (Lipinski definition) is 1. The summed E-state index contributed by atoms with van der Waals surface area (Å²) in [5, 5.41) is 3.21. The predicted octanol–water partition coefficient (Wildman–Crippen LogP) is 4.88. The molecule has 2 aromatic carbocycles. The normalized spacial score (nSPS) is 11.4. The maximum Gasteiger partial charge on any atom is 0.416 e. The van der Waals surface area contributed by atoms with Gasteiger partial charge in [-0.1, -0.05) is 31.2 Å². The summed E-state index contributed by atoms with van der Waals surface area (Å²) in [7, 11) is 0. The predicted molar refractivity (Wildman–Crippen MR) is 74.6 cm³/mol. The molecule has 0 saturated carbocycles. The van der Waals surface area contributed by atoms with Gasteiger partial charge in [0.05, 0.1) is 5.56 Å². The van der Waals surface area contributed by atoms with Crippen LogP contribution >= 0.6 is 0 Å². The monoisotopic (exact) mass is 279 g/mol. The molecule has 20 heavy (non-hydrogen) atoms. The molecule has 0 aliphatic rings. The average molecular weight is 279 g/mol. The second-order valence-electron chi connectivity index (χ2n) is 4.60. The summed E-state index contributed by atoms with van der Waals surface area (Å²) in [6, 6.07) is 13.2. The van der Waals surface area contributed by atoms with E-state index in [9.17, 15) is 13.2 Å². The number of nitrogens with one attached hydrogen (secondary N) is 1. The molecule has 4 heteroatoms. The van der Waals surface area contributed by atoms with Gasteiger partial charge < -0.3 is 5.32 Å². The summed E-state index contributed by atoms with van der Waals surface area (Å²) in [5.41, 5.74) is 2.40. The van der Waals surface area contributed by atoms with Crippen molar-refractivity contribution in [2.24, 2.45) is 0 Å². The third-order valence-corrected chi connectivity index (χ3v) is 3.11. The molecular weight excluding hydrogens is 263 g/mol. The van der Waals surface area contributed by atoms with Crippen LogP contribution in [0.25, 0.3) is 0 Å². The summed E-state index contributed by atoms with van der Waals surface area (Å²) in [5.74, 6) is 0. The molecule has 0 aliphatic heterocycles. The fraction of sp³-hybridized carbons (Fsp3) is 0.250. The van der Waals surface area contributed by atoms with Crippen molar-refractivity contribution in [3.63, 3.8) is 0 Å². The van der Waals surface area contributed by atoms with Gasteiger partial charge in [-0.3, -0.25) is 0 Å². The first-order chi connectivity index (χ1) is 9.49. The molecule has 2 rings (SSSR count). The third-order valence-electron chi connectivity index (χ3n) is 3.11. The lowest BCUT2D eigenvalue weighted by Crippen LogP contribution is -2.05. The van der Waals surface area contributed by atoms with Crippen molar-refractivity contribution in [2.75, 3.05) is 5.32 Å². The van der Waals surface area contributed by atoms with E-state index in [-0.39, 0.29) is 0 Å². The number of hydrogen-bond donors (Lipinski definition) is 1. The van der Waals surface area contributed by atoms with E-state index in [0.717, 1.165) is 29.8 Å². The molecule has 0 saturated heterocycles. The van der Waals surface area contributed by atoms with E-state index in [0.29, 0.717) is 6.54 Å². The molecular formula is C16H16F3N. The lowest BCUT2D eigenvalue weighted by molar-refractivity contribution is -0.137. The second-order valence-corrected chi connectivity index (χ2v) is 4.60. The van der Waals surface area contributed by atoms with Crippen molar-refractivity contribution in [1.29, 1.82) is 0 Å². The van der Waals surface area contributed by atoms with Crippen molar-refractivity contribution in [3.8, 4) is 0 Å². The Labute approximate surface area is 116 Å². The van der Waals surface area contributed by atoms with Gasteiger partial charge in [0.25, 0.3) is 0 Å². The Hall–Kier alpha value is -1.97. The van der Waals surface area contributed by atoms with E-state index in [1.807, 2.05) is 24.3 Å². The molecule has 1 nitrogen and oxygen atoms in total. The first-order valence-corrected chi connectivity index (χ1v) is 6.48. The van der Waals surface area contributed by atoms with Crippen LogP contribution in [0.3, 0.4) is 0 Å². The number of benzene rings is 2. The number of anilines is 1. The lowest BCUT2D eigenvalue weighted by Gasteiger charge is -2.10. The number of rotatable bonds is 4. The van der Waals surface area contributed by atoms with Crippen LogP contribution < -0.4 is 5.32 Å². The molecule has 0 spiro atoms. The number of alkyl halides is 3. The highest BCUT2D eigenvalue weighted by Crippen LogP contribution is 2.29. The molecule has 1 N–H and O–H groups in total. The van der Waals surface area contributed by atoms with E-state index in [1.54, 1.807) is 0 Å². The Morgan fingerprint density at radius 3 is 2.25 bits per heavy atom. The zero-order chi connectivity index (χ0) is 14.6. The van der Waals surface area contributed by atoms with Gasteiger partial charge in [0.1, 0.15) is 0 Å². The summed E-state index contributed by atoms with van der Waals surface area (Å²) in [6.45, 7) is 2.58. The zero-order valence-corrected chi connectivity index (χ0v) is 11.2. The van der Waals surface area contributed by atoms with Gasteiger partial charge in [0.2, 0.25) is 0 Å². The summed E-state index contributed by atoms with van der Waals surface area (Å²) in [6.07, 6.45) is -3.32. The van der Waals surface area contributed by atoms with Gasteiger partial charge in [0, 0.05) is 12.2 Å². The Morgan fingerprint density at radius 2 is 1.65 bits per heavy atom. The van der Waals surface area contributed by atoms with Gasteiger partial charge >= 0.3 is 6.18 Å². The molecule has 0 fully saturated rings. The van der Waals surface area contributed by atoms with Crippen LogP contribution in [-0.4, -0.2) is 0 Å². The van der Waals surface area contributed by atoms with Gasteiger partial charge in [-0.05, 0) is 41.8 Å². The SMILES string of the molecule is CCc1cccc(NCc2ccc(C(F)(F)F)cc2)c1. The highest BCUT2D eigenvalue weighted by atomic mass is 19.4. The second kappa shape index (κ2) is 5.99. The van der Waals surface area contributed by atoms with E-state index in [1.165, 1.54) is 17.7 Å². The first-order valence-electron chi connectivity index (χ1n) is 6.48. The molecule has 0 unspecified atom stereocenters. The highest BCUT2D eigenvalue weighted by molar-refractivity contribution is 5.46. The Kier molecular flexibility index (Phi) is 4.32. The Bertz CT molecular complexity index is 559. The van der Waals surface area contributed by atoms with E-state index in [2.05, 4.69) is 12.2 Å². The van der Waals surface area contributed by atoms with E-state index >= 15 is 0 Å². The van der Waals surface area contributed by atoms with Gasteiger partial charge in [-0.2, -0.15) is 13.2 Å². The number of aryl methyl sites for hydroxylation is 1. The average Bonchev–Trinajstić information content (AvgIpc) is 2.45. The lowest BCUT2D eigenvalue weighted by atomic mass is 10.1. The summed E-state index contributed by atoms with van der Waals surface area (Å²) >= 11 is 0. The summed E-state index contributed by atoms with van der Waals surface area (Å²) < 4.78 is 37.3. The highest BCUT2D eigenvalue weighted by Gasteiger charge is 2.29. The van der Waals surface area contributed by atoms with Crippen LogP contribution in [-0.2, 0) is 19.1 Å². The molecule has 0 bridgehead atoms. The fourth-order valence-corrected chi connectivity index (χ4v) is 1.92. The third kappa shape index (κ3) is 3.76. The molecule has 2 aromatic rings. The minimum Gasteiger partial charge on any atom is -0.381 e. The van der Waals surface area contributed by atoms with Crippen LogP contribution in [0, 0.1) is 0 Å². The summed E-state index contributed by atoms with van der Waals surface area (Å²) in [4.78, 5) is 0. The van der Waals surface area contributed by atoms with Crippen molar-refractivity contribution < 1.29 is 13.2 Å². The minimum atomic E-state index is -4.28. The van der Waals surface area contributed by atoms with Crippen LogP contribution in [0.5, 0.6) is 0 Å². The number of halogens is 3. The van der Waals surface area contributed by atoms with Gasteiger partial charge in [-0.25, -0.2) is 0 Å². The van der Waals surface area contributed by atoms with Gasteiger partial charge in [-0.15, -0.1) is 0 Å². The minimum absolute atomic E-state index is 0.505. The van der Waals surface area contributed by atoms with Gasteiger partial charge in [0.15, 0.2) is 0 Å². The van der Waals surface area contributed by atoms with Crippen LogP contribution in [0.15, 0.2) is 48.5 Å². The Balaban J connectivity index is 2.00.